The summed E-state index contributed by atoms with van der Waals surface area (Å²) < 4.78 is 35.1. The monoisotopic (exact) mass is 512 g/mol. The highest BCUT2D eigenvalue weighted by Gasteiger charge is 2.58. The SMILES string of the molecule is CCOCC1CCC2C(CCC3C2CCC2(C)C(C(C)NS(=O)(=O)c4ccc(C#N)cc4)CCC32)C1. The quantitative estimate of drug-likeness (QED) is 0.475. The molecule has 0 spiro atoms. The van der Waals surface area contributed by atoms with Gasteiger partial charge >= 0.3 is 0 Å². The summed E-state index contributed by atoms with van der Waals surface area (Å²) >= 11 is 0. The molecule has 4 saturated carbocycles. The number of hydrogen-bond donors (Lipinski definition) is 1. The van der Waals surface area contributed by atoms with Crippen molar-refractivity contribution in [2.45, 2.75) is 89.5 Å². The van der Waals surface area contributed by atoms with Crippen LogP contribution in [0.3, 0.4) is 0 Å². The molecule has 4 aliphatic rings. The summed E-state index contributed by atoms with van der Waals surface area (Å²) in [5.41, 5.74) is 0.690. The van der Waals surface area contributed by atoms with Crippen molar-refractivity contribution in [1.82, 2.24) is 4.72 Å². The van der Waals surface area contributed by atoms with Gasteiger partial charge in [0.1, 0.15) is 0 Å². The van der Waals surface area contributed by atoms with Gasteiger partial charge in [0.05, 0.1) is 16.5 Å². The molecule has 6 heteroatoms. The second-order valence-corrected chi connectivity index (χ2v) is 14.3. The maximum atomic E-state index is 13.1. The van der Waals surface area contributed by atoms with E-state index in [1.165, 1.54) is 51.4 Å². The third-order valence-electron chi connectivity index (χ3n) is 10.9. The first-order chi connectivity index (χ1) is 17.3. The molecule has 0 amide bonds. The summed E-state index contributed by atoms with van der Waals surface area (Å²) in [6.07, 6.45) is 11.8. The molecule has 0 radical (unpaired) electrons. The Hall–Kier alpha value is -1.42. The molecule has 36 heavy (non-hydrogen) atoms. The van der Waals surface area contributed by atoms with E-state index in [9.17, 15) is 8.42 Å². The number of nitrogens with one attached hydrogen (secondary N) is 1. The first kappa shape index (κ1) is 26.2. The molecular weight excluding hydrogens is 468 g/mol. The van der Waals surface area contributed by atoms with E-state index in [-0.39, 0.29) is 16.4 Å². The minimum absolute atomic E-state index is 0.0949. The van der Waals surface area contributed by atoms with Crippen LogP contribution in [0.15, 0.2) is 29.2 Å². The van der Waals surface area contributed by atoms with Crippen LogP contribution in [-0.2, 0) is 14.8 Å². The standard InChI is InChI=1S/C30H44N2O3S/c1-4-35-19-22-7-11-25-23(17-22)8-12-27-26(25)15-16-30(3)28(13-14-29(27)30)20(2)32-36(33,34)24-9-5-21(18-31)6-10-24/h5-6,9-10,20,22-23,25-29,32H,4,7-8,11-17,19H2,1-3H3. The second-order valence-electron chi connectivity index (χ2n) is 12.5. The minimum Gasteiger partial charge on any atom is -0.381 e. The van der Waals surface area contributed by atoms with Gasteiger partial charge in [-0.05, 0) is 143 Å². The highest BCUT2D eigenvalue weighted by molar-refractivity contribution is 7.89. The molecule has 1 aromatic carbocycles. The number of ether oxygens (including phenoxy) is 1. The van der Waals surface area contributed by atoms with Crippen LogP contribution in [0.5, 0.6) is 0 Å². The Morgan fingerprint density at radius 3 is 2.53 bits per heavy atom. The molecule has 9 unspecified atom stereocenters. The molecule has 0 bridgehead atoms. The molecule has 1 aromatic rings. The zero-order chi connectivity index (χ0) is 25.5. The van der Waals surface area contributed by atoms with Crippen LogP contribution >= 0.6 is 0 Å². The first-order valence-corrected chi connectivity index (χ1v) is 15.9. The smallest absolute Gasteiger partial charge is 0.240 e. The predicted molar refractivity (Wildman–Crippen MR) is 142 cm³/mol. The third kappa shape index (κ3) is 4.76. The molecule has 0 aromatic heterocycles. The molecule has 0 aliphatic heterocycles. The average molecular weight is 513 g/mol. The number of sulfonamides is 1. The van der Waals surface area contributed by atoms with E-state index in [0.717, 1.165) is 55.1 Å². The third-order valence-corrected chi connectivity index (χ3v) is 12.5. The van der Waals surface area contributed by atoms with Gasteiger partial charge in [0, 0.05) is 19.3 Å². The van der Waals surface area contributed by atoms with Crippen LogP contribution in [0, 0.1) is 58.2 Å². The number of hydrogen-bond acceptors (Lipinski definition) is 4. The van der Waals surface area contributed by atoms with Crippen LogP contribution < -0.4 is 4.72 Å². The van der Waals surface area contributed by atoms with Crippen LogP contribution in [-0.4, -0.2) is 27.7 Å². The Labute approximate surface area is 218 Å². The summed E-state index contributed by atoms with van der Waals surface area (Å²) in [6.45, 7) is 8.43. The van der Waals surface area contributed by atoms with Crippen molar-refractivity contribution in [3.05, 3.63) is 29.8 Å². The molecule has 5 nitrogen and oxygen atoms in total. The maximum absolute atomic E-state index is 13.1. The summed E-state index contributed by atoms with van der Waals surface area (Å²) in [4.78, 5) is 0.245. The van der Waals surface area contributed by atoms with Gasteiger partial charge in [0.15, 0.2) is 0 Å². The van der Waals surface area contributed by atoms with Gasteiger partial charge in [0.2, 0.25) is 10.0 Å². The zero-order valence-electron chi connectivity index (χ0n) is 22.3. The Balaban J connectivity index is 1.25. The molecule has 9 atom stereocenters. The molecule has 5 rings (SSSR count). The molecular formula is C30H44N2O3S. The van der Waals surface area contributed by atoms with Crippen molar-refractivity contribution in [3.63, 3.8) is 0 Å². The van der Waals surface area contributed by atoms with Gasteiger partial charge in [-0.2, -0.15) is 5.26 Å². The number of rotatable bonds is 7. The molecule has 4 aliphatic carbocycles. The van der Waals surface area contributed by atoms with E-state index in [1.54, 1.807) is 24.3 Å². The number of fused-ring (bicyclic) bond motifs is 5. The van der Waals surface area contributed by atoms with Gasteiger partial charge in [-0.15, -0.1) is 0 Å². The number of nitriles is 1. The number of nitrogens with zero attached hydrogens (tertiary/aromatic N) is 1. The lowest BCUT2D eigenvalue weighted by atomic mass is 9.49. The second kappa shape index (κ2) is 10.4. The van der Waals surface area contributed by atoms with E-state index in [1.807, 2.05) is 0 Å². The van der Waals surface area contributed by atoms with Gasteiger partial charge in [-0.3, -0.25) is 0 Å². The lowest BCUT2D eigenvalue weighted by molar-refractivity contribution is -0.0748. The predicted octanol–water partition coefficient (Wildman–Crippen LogP) is 6.15. The summed E-state index contributed by atoms with van der Waals surface area (Å²) in [7, 11) is -3.61. The van der Waals surface area contributed by atoms with Gasteiger partial charge in [-0.1, -0.05) is 6.92 Å². The van der Waals surface area contributed by atoms with Crippen molar-refractivity contribution < 1.29 is 13.2 Å². The maximum Gasteiger partial charge on any atom is 0.240 e. The molecule has 198 valence electrons. The van der Waals surface area contributed by atoms with Gasteiger partial charge in [0.25, 0.3) is 0 Å². The molecule has 0 heterocycles. The summed E-state index contributed by atoms with van der Waals surface area (Å²) in [5.74, 6) is 5.35. The Bertz CT molecular complexity index is 1060. The Kier molecular flexibility index (Phi) is 7.56. The number of benzene rings is 1. The summed E-state index contributed by atoms with van der Waals surface area (Å²) in [5, 5.41) is 9.03. The van der Waals surface area contributed by atoms with E-state index in [0.29, 0.717) is 11.5 Å². The lowest BCUT2D eigenvalue weighted by Gasteiger charge is -2.56. The fourth-order valence-electron chi connectivity index (χ4n) is 9.35. The van der Waals surface area contributed by atoms with E-state index < -0.39 is 10.0 Å². The molecule has 0 saturated heterocycles. The molecule has 1 N–H and O–H groups in total. The fourth-order valence-corrected chi connectivity index (χ4v) is 10.6. The van der Waals surface area contributed by atoms with E-state index >= 15 is 0 Å². The van der Waals surface area contributed by atoms with E-state index in [2.05, 4.69) is 31.6 Å². The van der Waals surface area contributed by atoms with Crippen molar-refractivity contribution >= 4 is 10.0 Å². The van der Waals surface area contributed by atoms with Crippen molar-refractivity contribution in [3.8, 4) is 6.07 Å². The average Bonchev–Trinajstić information content (AvgIpc) is 3.24. The minimum atomic E-state index is -3.61. The van der Waals surface area contributed by atoms with Crippen molar-refractivity contribution in [2.75, 3.05) is 13.2 Å². The van der Waals surface area contributed by atoms with E-state index in [4.69, 9.17) is 10.00 Å². The van der Waals surface area contributed by atoms with Crippen molar-refractivity contribution in [2.24, 2.45) is 46.8 Å². The highest BCUT2D eigenvalue weighted by Crippen LogP contribution is 2.65. The van der Waals surface area contributed by atoms with Crippen LogP contribution in [0.25, 0.3) is 0 Å². The lowest BCUT2D eigenvalue weighted by Crippen LogP contribution is -2.51. The molecule has 4 fully saturated rings. The fraction of sp³-hybridized carbons (Fsp3) is 0.767. The summed E-state index contributed by atoms with van der Waals surface area (Å²) in [6, 6.07) is 8.20. The zero-order valence-corrected chi connectivity index (χ0v) is 23.1. The van der Waals surface area contributed by atoms with Gasteiger partial charge in [-0.25, -0.2) is 13.1 Å². The van der Waals surface area contributed by atoms with Gasteiger partial charge < -0.3 is 4.74 Å². The van der Waals surface area contributed by atoms with Crippen LogP contribution in [0.2, 0.25) is 0 Å². The highest BCUT2D eigenvalue weighted by atomic mass is 32.2. The largest absolute Gasteiger partial charge is 0.381 e. The van der Waals surface area contributed by atoms with Crippen LogP contribution in [0.1, 0.15) is 84.1 Å². The normalized spacial score (nSPS) is 38.9. The van der Waals surface area contributed by atoms with Crippen LogP contribution in [0.4, 0.5) is 0 Å². The Morgan fingerprint density at radius 1 is 1.06 bits per heavy atom. The first-order valence-electron chi connectivity index (χ1n) is 14.4. The topological polar surface area (TPSA) is 79.2 Å². The Morgan fingerprint density at radius 2 is 1.81 bits per heavy atom. The van der Waals surface area contributed by atoms with Crippen molar-refractivity contribution in [1.29, 1.82) is 5.26 Å².